The van der Waals surface area contributed by atoms with E-state index in [1.165, 1.54) is 12.8 Å². The predicted molar refractivity (Wildman–Crippen MR) is 68.1 cm³/mol. The van der Waals surface area contributed by atoms with Gasteiger partial charge in [0.1, 0.15) is 5.78 Å². The first-order chi connectivity index (χ1) is 8.74. The van der Waals surface area contributed by atoms with E-state index in [0.717, 1.165) is 38.9 Å². The number of fused-ring (bicyclic) bond motifs is 1. The number of hydrogen-bond acceptors (Lipinski definition) is 3. The van der Waals surface area contributed by atoms with E-state index in [0.29, 0.717) is 36.6 Å². The highest BCUT2D eigenvalue weighted by Crippen LogP contribution is 2.27. The van der Waals surface area contributed by atoms with Crippen molar-refractivity contribution in [2.75, 3.05) is 26.2 Å². The van der Waals surface area contributed by atoms with Crippen molar-refractivity contribution in [3.8, 4) is 0 Å². The molecule has 2 aliphatic heterocycles. The molecule has 100 valence electrons. The standard InChI is InChI=1S/C14H22N2O2/c17-13(11-3-1-2-4-11)10-15-7-8-16-12(9-15)5-6-14(16)18/h11-12H,1-10H2. The highest BCUT2D eigenvalue weighted by Gasteiger charge is 2.36. The third-order valence-electron chi connectivity index (χ3n) is 4.77. The summed E-state index contributed by atoms with van der Waals surface area (Å²) in [5, 5.41) is 0. The molecule has 1 atom stereocenters. The van der Waals surface area contributed by atoms with Crippen LogP contribution in [0.15, 0.2) is 0 Å². The van der Waals surface area contributed by atoms with E-state index in [-0.39, 0.29) is 0 Å². The first kappa shape index (κ1) is 12.2. The molecule has 0 spiro atoms. The van der Waals surface area contributed by atoms with E-state index in [2.05, 4.69) is 4.90 Å². The third kappa shape index (κ3) is 2.30. The zero-order valence-electron chi connectivity index (χ0n) is 10.9. The Morgan fingerprint density at radius 3 is 2.72 bits per heavy atom. The van der Waals surface area contributed by atoms with Crippen molar-refractivity contribution < 1.29 is 9.59 Å². The molecule has 2 saturated heterocycles. The molecule has 0 aromatic carbocycles. The molecule has 1 aliphatic carbocycles. The second-order valence-corrected chi connectivity index (χ2v) is 5.96. The minimum Gasteiger partial charge on any atom is -0.337 e. The van der Waals surface area contributed by atoms with Gasteiger partial charge < -0.3 is 4.90 Å². The van der Waals surface area contributed by atoms with Crippen molar-refractivity contribution in [3.05, 3.63) is 0 Å². The van der Waals surface area contributed by atoms with Crippen molar-refractivity contribution in [1.82, 2.24) is 9.80 Å². The van der Waals surface area contributed by atoms with Crippen LogP contribution in [0.3, 0.4) is 0 Å². The Morgan fingerprint density at radius 1 is 1.17 bits per heavy atom. The molecule has 3 fully saturated rings. The number of hydrogen-bond donors (Lipinski definition) is 0. The lowest BCUT2D eigenvalue weighted by molar-refractivity contribution is -0.131. The molecule has 18 heavy (non-hydrogen) atoms. The van der Waals surface area contributed by atoms with Crippen molar-refractivity contribution in [3.63, 3.8) is 0 Å². The van der Waals surface area contributed by atoms with Gasteiger partial charge in [0.15, 0.2) is 0 Å². The minimum absolute atomic E-state index is 0.307. The molecule has 1 unspecified atom stereocenters. The van der Waals surface area contributed by atoms with Gasteiger partial charge in [0, 0.05) is 38.0 Å². The summed E-state index contributed by atoms with van der Waals surface area (Å²) in [7, 11) is 0. The molecule has 0 N–H and O–H groups in total. The van der Waals surface area contributed by atoms with Gasteiger partial charge in [-0.1, -0.05) is 12.8 Å². The summed E-state index contributed by atoms with van der Waals surface area (Å²) in [5.74, 6) is 1.07. The first-order valence-electron chi connectivity index (χ1n) is 7.28. The quantitative estimate of drug-likeness (QED) is 0.752. The summed E-state index contributed by atoms with van der Waals surface area (Å²) in [6.07, 6.45) is 6.33. The molecule has 0 aromatic rings. The molecule has 3 rings (SSSR count). The molecule has 4 heteroatoms. The molecule has 3 aliphatic rings. The summed E-state index contributed by atoms with van der Waals surface area (Å²) in [6, 6.07) is 0.377. The highest BCUT2D eigenvalue weighted by atomic mass is 16.2. The van der Waals surface area contributed by atoms with Gasteiger partial charge in [-0.05, 0) is 19.3 Å². The average molecular weight is 250 g/mol. The third-order valence-corrected chi connectivity index (χ3v) is 4.77. The number of carbonyl (C=O) groups is 2. The van der Waals surface area contributed by atoms with Gasteiger partial charge >= 0.3 is 0 Å². The smallest absolute Gasteiger partial charge is 0.222 e. The number of Topliss-reactive ketones (excluding diaryl/α,β-unsaturated/α-hetero) is 1. The maximum absolute atomic E-state index is 12.1. The normalized spacial score (nSPS) is 29.9. The Bertz CT molecular complexity index is 350. The lowest BCUT2D eigenvalue weighted by Crippen LogP contribution is -2.52. The van der Waals surface area contributed by atoms with Crippen LogP contribution in [0.25, 0.3) is 0 Å². The molecule has 4 nitrogen and oxygen atoms in total. The monoisotopic (exact) mass is 250 g/mol. The summed E-state index contributed by atoms with van der Waals surface area (Å²) >= 11 is 0. The second kappa shape index (κ2) is 5.00. The van der Waals surface area contributed by atoms with Crippen molar-refractivity contribution >= 4 is 11.7 Å². The number of ketones is 1. The molecular formula is C14H22N2O2. The van der Waals surface area contributed by atoms with Crippen LogP contribution in [-0.2, 0) is 9.59 Å². The lowest BCUT2D eigenvalue weighted by atomic mass is 10.0. The number of piperazine rings is 1. The van der Waals surface area contributed by atoms with E-state index in [9.17, 15) is 9.59 Å². The van der Waals surface area contributed by atoms with Crippen LogP contribution in [0.2, 0.25) is 0 Å². The maximum atomic E-state index is 12.1. The van der Waals surface area contributed by atoms with Crippen molar-refractivity contribution in [2.45, 2.75) is 44.6 Å². The van der Waals surface area contributed by atoms with E-state index in [1.54, 1.807) is 0 Å². The van der Waals surface area contributed by atoms with E-state index in [4.69, 9.17) is 0 Å². The number of amides is 1. The Hall–Kier alpha value is -0.900. The van der Waals surface area contributed by atoms with Crippen LogP contribution in [-0.4, -0.2) is 53.7 Å². The van der Waals surface area contributed by atoms with Crippen LogP contribution in [0.4, 0.5) is 0 Å². The fourth-order valence-corrected chi connectivity index (χ4v) is 3.67. The zero-order chi connectivity index (χ0) is 12.5. The zero-order valence-corrected chi connectivity index (χ0v) is 10.9. The number of rotatable bonds is 3. The van der Waals surface area contributed by atoms with Crippen LogP contribution in [0.1, 0.15) is 38.5 Å². The second-order valence-electron chi connectivity index (χ2n) is 5.96. The fourth-order valence-electron chi connectivity index (χ4n) is 3.67. The number of carbonyl (C=O) groups excluding carboxylic acids is 2. The van der Waals surface area contributed by atoms with Crippen LogP contribution in [0.5, 0.6) is 0 Å². The highest BCUT2D eigenvalue weighted by molar-refractivity contribution is 5.83. The van der Waals surface area contributed by atoms with Crippen LogP contribution < -0.4 is 0 Å². The summed E-state index contributed by atoms with van der Waals surface area (Å²) in [5.41, 5.74) is 0. The van der Waals surface area contributed by atoms with Gasteiger partial charge in [-0.2, -0.15) is 0 Å². The maximum Gasteiger partial charge on any atom is 0.222 e. The Morgan fingerprint density at radius 2 is 1.94 bits per heavy atom. The number of nitrogens with zero attached hydrogens (tertiary/aromatic N) is 2. The summed E-state index contributed by atoms with van der Waals surface area (Å²) < 4.78 is 0. The van der Waals surface area contributed by atoms with Crippen LogP contribution in [0, 0.1) is 5.92 Å². The molecule has 0 aromatic heterocycles. The molecule has 0 radical (unpaired) electrons. The van der Waals surface area contributed by atoms with Crippen LogP contribution >= 0.6 is 0 Å². The molecule has 0 bridgehead atoms. The van der Waals surface area contributed by atoms with Gasteiger partial charge in [0.25, 0.3) is 0 Å². The molecule has 2 heterocycles. The van der Waals surface area contributed by atoms with E-state index >= 15 is 0 Å². The van der Waals surface area contributed by atoms with E-state index < -0.39 is 0 Å². The minimum atomic E-state index is 0.307. The Labute approximate surface area is 108 Å². The van der Waals surface area contributed by atoms with Crippen molar-refractivity contribution in [1.29, 1.82) is 0 Å². The van der Waals surface area contributed by atoms with Gasteiger partial charge in [0.2, 0.25) is 5.91 Å². The van der Waals surface area contributed by atoms with Gasteiger partial charge in [-0.25, -0.2) is 0 Å². The molecule has 1 saturated carbocycles. The topological polar surface area (TPSA) is 40.6 Å². The largest absolute Gasteiger partial charge is 0.337 e. The first-order valence-corrected chi connectivity index (χ1v) is 7.28. The van der Waals surface area contributed by atoms with Crippen molar-refractivity contribution in [2.24, 2.45) is 5.92 Å². The van der Waals surface area contributed by atoms with E-state index in [1.807, 2.05) is 4.90 Å². The lowest BCUT2D eigenvalue weighted by Gasteiger charge is -2.37. The molecule has 1 amide bonds. The van der Waals surface area contributed by atoms with Gasteiger partial charge in [-0.3, -0.25) is 14.5 Å². The van der Waals surface area contributed by atoms with Gasteiger partial charge in [0.05, 0.1) is 6.54 Å². The SMILES string of the molecule is O=C(CN1CCN2C(=O)CCC2C1)C1CCCC1. The van der Waals surface area contributed by atoms with Gasteiger partial charge in [-0.15, -0.1) is 0 Å². The Balaban J connectivity index is 1.52. The average Bonchev–Trinajstić information content (AvgIpc) is 2.99. The molecular weight excluding hydrogens is 228 g/mol. The fraction of sp³-hybridized carbons (Fsp3) is 0.857. The summed E-state index contributed by atoms with van der Waals surface area (Å²) in [6.45, 7) is 3.22. The predicted octanol–water partition coefficient (Wildman–Crippen LogP) is 1.05. The Kier molecular flexibility index (Phi) is 3.37. The summed E-state index contributed by atoms with van der Waals surface area (Å²) in [4.78, 5) is 28.0.